The summed E-state index contributed by atoms with van der Waals surface area (Å²) in [5.41, 5.74) is 1.30. The fourth-order valence-corrected chi connectivity index (χ4v) is 2.81. The van der Waals surface area contributed by atoms with Crippen LogP contribution in [0.1, 0.15) is 21.5 Å². The van der Waals surface area contributed by atoms with Gasteiger partial charge in [-0.2, -0.15) is 0 Å². The van der Waals surface area contributed by atoms with E-state index in [1.165, 1.54) is 24.4 Å². The summed E-state index contributed by atoms with van der Waals surface area (Å²) < 4.78 is 0.721. The van der Waals surface area contributed by atoms with Crippen molar-refractivity contribution in [1.82, 2.24) is 0 Å². The summed E-state index contributed by atoms with van der Waals surface area (Å²) in [5, 5.41) is 20.8. The molecule has 0 spiro atoms. The number of benzene rings is 3. The molecule has 0 radical (unpaired) electrons. The number of nitro groups is 1. The molecular weight excluding hydrogens is 412 g/mol. The number of aromatic hydroxyl groups is 1. The molecule has 27 heavy (non-hydrogen) atoms. The molecule has 3 aromatic rings. The maximum absolute atomic E-state index is 12.8. The van der Waals surface area contributed by atoms with Crippen LogP contribution in [0, 0.1) is 10.1 Å². The van der Waals surface area contributed by atoms with Gasteiger partial charge in [-0.15, -0.1) is 0 Å². The van der Waals surface area contributed by atoms with Crippen LogP contribution in [0.4, 0.5) is 11.4 Å². The van der Waals surface area contributed by atoms with E-state index in [0.717, 1.165) is 4.47 Å². The fourth-order valence-electron chi connectivity index (χ4n) is 2.45. The van der Waals surface area contributed by atoms with Crippen molar-refractivity contribution in [3.63, 3.8) is 0 Å². The predicted molar refractivity (Wildman–Crippen MR) is 106 cm³/mol. The Hall–Kier alpha value is -3.32. The van der Waals surface area contributed by atoms with Crippen molar-refractivity contribution in [2.75, 3.05) is 0 Å². The number of phenols is 1. The molecule has 0 aliphatic heterocycles. The molecule has 1 N–H and O–H groups in total. The normalized spacial score (nSPS) is 10.9. The summed E-state index contributed by atoms with van der Waals surface area (Å²) in [6, 6.07) is 17.5. The zero-order valence-electron chi connectivity index (χ0n) is 13.9. The molecule has 0 atom stereocenters. The van der Waals surface area contributed by atoms with E-state index in [4.69, 9.17) is 0 Å². The van der Waals surface area contributed by atoms with Gasteiger partial charge in [-0.25, -0.2) is 0 Å². The summed E-state index contributed by atoms with van der Waals surface area (Å²) in [7, 11) is 0. The number of phenolic OH excluding ortho intramolecular Hbond substituents is 1. The molecule has 6 nitrogen and oxygen atoms in total. The van der Waals surface area contributed by atoms with E-state index >= 15 is 0 Å². The Morgan fingerprint density at radius 1 is 1.07 bits per heavy atom. The number of non-ortho nitro benzene ring substituents is 1. The quantitative estimate of drug-likeness (QED) is 0.268. The molecule has 0 heterocycles. The SMILES string of the molecule is O=C(c1ccccc1)c1cc(Br)ccc1N=Cc1cc([N+](=O)[O-])ccc1O. The minimum Gasteiger partial charge on any atom is -0.507 e. The molecule has 3 rings (SSSR count). The average Bonchev–Trinajstić information content (AvgIpc) is 2.68. The van der Waals surface area contributed by atoms with E-state index in [1.807, 2.05) is 6.07 Å². The number of nitrogens with zero attached hydrogens (tertiary/aromatic N) is 2. The monoisotopic (exact) mass is 424 g/mol. The first-order valence-electron chi connectivity index (χ1n) is 7.86. The van der Waals surface area contributed by atoms with Gasteiger partial charge in [0.25, 0.3) is 5.69 Å². The van der Waals surface area contributed by atoms with Crippen molar-refractivity contribution in [1.29, 1.82) is 0 Å². The lowest BCUT2D eigenvalue weighted by Crippen LogP contribution is -2.01. The number of hydrogen-bond acceptors (Lipinski definition) is 5. The highest BCUT2D eigenvalue weighted by atomic mass is 79.9. The lowest BCUT2D eigenvalue weighted by molar-refractivity contribution is -0.384. The Kier molecular flexibility index (Phi) is 5.42. The van der Waals surface area contributed by atoms with Crippen LogP contribution in [0.3, 0.4) is 0 Å². The number of aliphatic imine (C=N–C) groups is 1. The summed E-state index contributed by atoms with van der Waals surface area (Å²) in [6.45, 7) is 0. The van der Waals surface area contributed by atoms with Gasteiger partial charge in [0, 0.05) is 39.5 Å². The number of carbonyl (C=O) groups is 1. The van der Waals surface area contributed by atoms with E-state index in [2.05, 4.69) is 20.9 Å². The van der Waals surface area contributed by atoms with E-state index in [9.17, 15) is 20.0 Å². The lowest BCUT2D eigenvalue weighted by Gasteiger charge is -2.06. The third-order valence-corrected chi connectivity index (χ3v) is 4.30. The number of rotatable bonds is 5. The minimum atomic E-state index is -0.555. The van der Waals surface area contributed by atoms with E-state index < -0.39 is 4.92 Å². The first kappa shape index (κ1) is 18.5. The van der Waals surface area contributed by atoms with E-state index in [1.54, 1.807) is 42.5 Å². The van der Waals surface area contributed by atoms with E-state index in [0.29, 0.717) is 16.8 Å². The maximum atomic E-state index is 12.8. The molecule has 3 aromatic carbocycles. The zero-order chi connectivity index (χ0) is 19.4. The molecular formula is C20H13BrN2O4. The van der Waals surface area contributed by atoms with Gasteiger partial charge in [0.05, 0.1) is 10.6 Å². The zero-order valence-corrected chi connectivity index (χ0v) is 15.5. The summed E-state index contributed by atoms with van der Waals surface area (Å²) in [4.78, 5) is 27.4. The Balaban J connectivity index is 2.01. The Morgan fingerprint density at radius 2 is 1.81 bits per heavy atom. The summed E-state index contributed by atoms with van der Waals surface area (Å²) in [5.74, 6) is -0.343. The molecule has 0 saturated heterocycles. The van der Waals surface area contributed by atoms with Crippen LogP contribution in [0.5, 0.6) is 5.75 Å². The highest BCUT2D eigenvalue weighted by Gasteiger charge is 2.14. The lowest BCUT2D eigenvalue weighted by atomic mass is 10.0. The average molecular weight is 425 g/mol. The van der Waals surface area contributed by atoms with Crippen LogP contribution in [0.2, 0.25) is 0 Å². The fraction of sp³-hybridized carbons (Fsp3) is 0. The van der Waals surface area contributed by atoms with Crippen molar-refractivity contribution in [2.45, 2.75) is 0 Å². The van der Waals surface area contributed by atoms with Crippen LogP contribution in [0.15, 0.2) is 76.2 Å². The van der Waals surface area contributed by atoms with Crippen LogP contribution in [0.25, 0.3) is 0 Å². The standard InChI is InChI=1S/C20H13BrN2O4/c21-15-6-8-18(17(11-15)20(25)13-4-2-1-3-5-13)22-12-14-10-16(23(26)27)7-9-19(14)24/h1-12,24H. The second-order valence-electron chi connectivity index (χ2n) is 5.62. The molecule has 0 aliphatic carbocycles. The summed E-state index contributed by atoms with van der Waals surface area (Å²) in [6.07, 6.45) is 1.30. The molecule has 0 fully saturated rings. The topological polar surface area (TPSA) is 92.8 Å². The minimum absolute atomic E-state index is 0.141. The van der Waals surface area contributed by atoms with Gasteiger partial charge < -0.3 is 5.11 Å². The predicted octanol–water partition coefficient (Wildman–Crippen LogP) is 5.04. The van der Waals surface area contributed by atoms with Gasteiger partial charge in [-0.1, -0.05) is 46.3 Å². The molecule has 0 bridgehead atoms. The highest BCUT2D eigenvalue weighted by molar-refractivity contribution is 9.10. The molecule has 0 aromatic heterocycles. The number of ketones is 1. The Morgan fingerprint density at radius 3 is 2.52 bits per heavy atom. The third kappa shape index (κ3) is 4.27. The van der Waals surface area contributed by atoms with Gasteiger partial charge in [0.15, 0.2) is 5.78 Å². The van der Waals surface area contributed by atoms with Crippen molar-refractivity contribution >= 4 is 39.3 Å². The van der Waals surface area contributed by atoms with Gasteiger partial charge in [0.1, 0.15) is 5.75 Å². The van der Waals surface area contributed by atoms with Crippen molar-refractivity contribution in [2.24, 2.45) is 4.99 Å². The second kappa shape index (κ2) is 7.92. The number of halogens is 1. The van der Waals surface area contributed by atoms with Gasteiger partial charge in [-0.05, 0) is 24.3 Å². The number of hydrogen-bond donors (Lipinski definition) is 1. The van der Waals surface area contributed by atoms with Crippen LogP contribution >= 0.6 is 15.9 Å². The Labute approximate surface area is 163 Å². The Bertz CT molecular complexity index is 1050. The van der Waals surface area contributed by atoms with Crippen LogP contribution < -0.4 is 0 Å². The smallest absolute Gasteiger partial charge is 0.270 e. The summed E-state index contributed by atoms with van der Waals surface area (Å²) >= 11 is 3.35. The first-order chi connectivity index (χ1) is 13.0. The van der Waals surface area contributed by atoms with Gasteiger partial charge in [0.2, 0.25) is 0 Å². The molecule has 7 heteroatoms. The van der Waals surface area contributed by atoms with Crippen molar-refractivity contribution < 1.29 is 14.8 Å². The van der Waals surface area contributed by atoms with Crippen molar-refractivity contribution in [3.8, 4) is 5.75 Å². The maximum Gasteiger partial charge on any atom is 0.270 e. The largest absolute Gasteiger partial charge is 0.507 e. The molecule has 0 unspecified atom stereocenters. The third-order valence-electron chi connectivity index (χ3n) is 3.80. The second-order valence-corrected chi connectivity index (χ2v) is 6.53. The molecule has 0 saturated carbocycles. The molecule has 0 aliphatic rings. The van der Waals surface area contributed by atoms with E-state index in [-0.39, 0.29) is 22.8 Å². The van der Waals surface area contributed by atoms with Gasteiger partial charge in [-0.3, -0.25) is 19.9 Å². The first-order valence-corrected chi connectivity index (χ1v) is 8.66. The number of nitro benzene ring substituents is 1. The highest BCUT2D eigenvalue weighted by Crippen LogP contribution is 2.27. The van der Waals surface area contributed by atoms with Crippen LogP contribution in [-0.2, 0) is 0 Å². The molecule has 134 valence electrons. The van der Waals surface area contributed by atoms with Crippen molar-refractivity contribution in [3.05, 3.63) is 98.0 Å². The van der Waals surface area contributed by atoms with Gasteiger partial charge >= 0.3 is 0 Å². The van der Waals surface area contributed by atoms with Crippen LogP contribution in [-0.4, -0.2) is 22.0 Å². The number of carbonyl (C=O) groups excluding carboxylic acids is 1. The molecule has 0 amide bonds.